The number of rotatable bonds is 2. The fourth-order valence-electron chi connectivity index (χ4n) is 1.50. The van der Waals surface area contributed by atoms with Gasteiger partial charge < -0.3 is 5.11 Å². The number of carbonyl (C=O) groups is 1. The van der Waals surface area contributed by atoms with Crippen molar-refractivity contribution in [2.45, 2.75) is 13.0 Å². The fraction of sp³-hybridized carbons (Fsp3) is 0.200. The lowest BCUT2D eigenvalue weighted by atomic mass is 10.0. The number of aliphatic imine (C=N–C) groups is 1. The van der Waals surface area contributed by atoms with E-state index in [1.807, 2.05) is 24.3 Å². The van der Waals surface area contributed by atoms with Crippen LogP contribution in [0.3, 0.4) is 0 Å². The van der Waals surface area contributed by atoms with Gasteiger partial charge in [0.15, 0.2) is 0 Å². The van der Waals surface area contributed by atoms with E-state index in [2.05, 4.69) is 4.99 Å². The molecule has 0 radical (unpaired) electrons. The molecule has 1 aromatic rings. The number of nitrogens with zero attached hydrogens (tertiary/aromatic N) is 1. The molecule has 0 amide bonds. The first kappa shape index (κ1) is 7.98. The monoisotopic (exact) mass is 175 g/mol. The summed E-state index contributed by atoms with van der Waals surface area (Å²) < 4.78 is 0. The summed E-state index contributed by atoms with van der Waals surface area (Å²) >= 11 is 0. The highest BCUT2D eigenvalue weighted by molar-refractivity contribution is 6.11. The molecule has 3 heteroatoms. The normalized spacial score (nSPS) is 13.7. The Morgan fingerprint density at radius 1 is 1.46 bits per heavy atom. The van der Waals surface area contributed by atoms with Crippen LogP contribution in [-0.2, 0) is 11.3 Å². The zero-order chi connectivity index (χ0) is 9.26. The fourth-order valence-corrected chi connectivity index (χ4v) is 1.50. The average Bonchev–Trinajstić information content (AvgIpc) is 2.48. The van der Waals surface area contributed by atoms with Gasteiger partial charge in [-0.05, 0) is 5.56 Å². The summed E-state index contributed by atoms with van der Waals surface area (Å²) in [5.41, 5.74) is 2.81. The van der Waals surface area contributed by atoms with E-state index in [1.54, 1.807) is 0 Å². The Hall–Kier alpha value is -1.64. The molecule has 1 N–H and O–H groups in total. The molecular weight excluding hydrogens is 166 g/mol. The molecule has 2 rings (SSSR count). The van der Waals surface area contributed by atoms with Gasteiger partial charge in [0.25, 0.3) is 0 Å². The second-order valence-corrected chi connectivity index (χ2v) is 2.99. The van der Waals surface area contributed by atoms with E-state index in [-0.39, 0.29) is 6.42 Å². The number of carboxylic acids is 1. The Bertz CT molecular complexity index is 382. The minimum Gasteiger partial charge on any atom is -0.481 e. The number of fused-ring (bicyclic) bond motifs is 1. The maximum absolute atomic E-state index is 10.5. The number of hydrogen-bond acceptors (Lipinski definition) is 2. The minimum absolute atomic E-state index is 0.0248. The van der Waals surface area contributed by atoms with E-state index in [0.29, 0.717) is 12.3 Å². The van der Waals surface area contributed by atoms with Gasteiger partial charge in [0.1, 0.15) is 0 Å². The molecule has 1 aliphatic heterocycles. The Morgan fingerprint density at radius 2 is 2.23 bits per heavy atom. The van der Waals surface area contributed by atoms with E-state index in [4.69, 9.17) is 5.11 Å². The molecular formula is C10H9NO2. The minimum atomic E-state index is -0.824. The van der Waals surface area contributed by atoms with Crippen LogP contribution in [0.25, 0.3) is 0 Å². The lowest BCUT2D eigenvalue weighted by molar-refractivity contribution is -0.135. The Labute approximate surface area is 75.7 Å². The first-order valence-electron chi connectivity index (χ1n) is 4.11. The molecule has 1 aromatic carbocycles. The van der Waals surface area contributed by atoms with Crippen LogP contribution in [0.15, 0.2) is 29.3 Å². The summed E-state index contributed by atoms with van der Waals surface area (Å²) in [6.07, 6.45) is 0.0248. The van der Waals surface area contributed by atoms with Crippen molar-refractivity contribution in [1.29, 1.82) is 0 Å². The number of hydrogen-bond donors (Lipinski definition) is 1. The zero-order valence-electron chi connectivity index (χ0n) is 7.03. The highest BCUT2D eigenvalue weighted by atomic mass is 16.4. The van der Waals surface area contributed by atoms with Crippen LogP contribution in [0.1, 0.15) is 17.5 Å². The third-order valence-corrected chi connectivity index (χ3v) is 2.09. The standard InChI is InChI=1S/C10H9NO2/c12-10(13)5-9-8-4-2-1-3-7(8)6-11-9/h1-4H,5-6H2,(H,12,13). The predicted molar refractivity (Wildman–Crippen MR) is 48.9 cm³/mol. The van der Waals surface area contributed by atoms with Crippen molar-refractivity contribution in [3.8, 4) is 0 Å². The highest BCUT2D eigenvalue weighted by Crippen LogP contribution is 2.19. The van der Waals surface area contributed by atoms with Crippen LogP contribution in [0, 0.1) is 0 Å². The molecule has 0 saturated carbocycles. The van der Waals surface area contributed by atoms with E-state index in [1.165, 1.54) is 0 Å². The van der Waals surface area contributed by atoms with E-state index in [0.717, 1.165) is 11.1 Å². The van der Waals surface area contributed by atoms with Crippen LogP contribution >= 0.6 is 0 Å². The third kappa shape index (κ3) is 1.45. The first-order valence-corrected chi connectivity index (χ1v) is 4.11. The Morgan fingerprint density at radius 3 is 3.00 bits per heavy atom. The van der Waals surface area contributed by atoms with Crippen molar-refractivity contribution in [2.24, 2.45) is 4.99 Å². The summed E-state index contributed by atoms with van der Waals surface area (Å²) in [5, 5.41) is 8.62. The molecule has 1 heterocycles. The lowest BCUT2D eigenvalue weighted by Crippen LogP contribution is -2.06. The largest absolute Gasteiger partial charge is 0.481 e. The van der Waals surface area contributed by atoms with E-state index >= 15 is 0 Å². The van der Waals surface area contributed by atoms with Crippen molar-refractivity contribution in [3.63, 3.8) is 0 Å². The van der Waals surface area contributed by atoms with Crippen LogP contribution in [-0.4, -0.2) is 16.8 Å². The van der Waals surface area contributed by atoms with Gasteiger partial charge in [0.2, 0.25) is 0 Å². The Balaban J connectivity index is 2.31. The van der Waals surface area contributed by atoms with Gasteiger partial charge in [0.05, 0.1) is 18.7 Å². The SMILES string of the molecule is O=C(O)CC1=NCc2ccccc21. The summed E-state index contributed by atoms with van der Waals surface area (Å²) in [6.45, 7) is 0.624. The van der Waals surface area contributed by atoms with E-state index < -0.39 is 5.97 Å². The molecule has 0 unspecified atom stereocenters. The predicted octanol–water partition coefficient (Wildman–Crippen LogP) is 1.46. The third-order valence-electron chi connectivity index (χ3n) is 2.09. The molecule has 66 valence electrons. The average molecular weight is 175 g/mol. The topological polar surface area (TPSA) is 49.7 Å². The van der Waals surface area contributed by atoms with Crippen molar-refractivity contribution >= 4 is 11.7 Å². The molecule has 0 fully saturated rings. The maximum atomic E-state index is 10.5. The van der Waals surface area contributed by atoms with Crippen LogP contribution in [0.4, 0.5) is 0 Å². The van der Waals surface area contributed by atoms with E-state index in [9.17, 15) is 4.79 Å². The van der Waals surface area contributed by atoms with Crippen molar-refractivity contribution in [1.82, 2.24) is 0 Å². The van der Waals surface area contributed by atoms with Gasteiger partial charge in [0, 0.05) is 5.56 Å². The molecule has 1 aliphatic rings. The van der Waals surface area contributed by atoms with Gasteiger partial charge in [-0.25, -0.2) is 0 Å². The summed E-state index contributed by atoms with van der Waals surface area (Å²) in [6, 6.07) is 7.75. The summed E-state index contributed by atoms with van der Waals surface area (Å²) in [7, 11) is 0. The lowest BCUT2D eigenvalue weighted by Gasteiger charge is -1.99. The van der Waals surface area contributed by atoms with Gasteiger partial charge in [-0.15, -0.1) is 0 Å². The summed E-state index contributed by atoms with van der Waals surface area (Å²) in [4.78, 5) is 14.7. The smallest absolute Gasteiger partial charge is 0.309 e. The molecule has 0 bridgehead atoms. The quantitative estimate of drug-likeness (QED) is 0.739. The molecule has 0 aliphatic carbocycles. The highest BCUT2D eigenvalue weighted by Gasteiger charge is 2.16. The zero-order valence-corrected chi connectivity index (χ0v) is 7.03. The van der Waals surface area contributed by atoms with Gasteiger partial charge >= 0.3 is 5.97 Å². The first-order chi connectivity index (χ1) is 6.27. The molecule has 3 nitrogen and oxygen atoms in total. The van der Waals surface area contributed by atoms with Gasteiger partial charge in [-0.3, -0.25) is 9.79 Å². The summed E-state index contributed by atoms with van der Waals surface area (Å²) in [5.74, 6) is -0.824. The number of aliphatic carboxylic acids is 1. The van der Waals surface area contributed by atoms with Crippen molar-refractivity contribution < 1.29 is 9.90 Å². The van der Waals surface area contributed by atoms with Crippen LogP contribution in [0.5, 0.6) is 0 Å². The Kier molecular flexibility index (Phi) is 1.85. The molecule has 0 aromatic heterocycles. The molecule has 13 heavy (non-hydrogen) atoms. The van der Waals surface area contributed by atoms with Crippen LogP contribution < -0.4 is 0 Å². The molecule has 0 saturated heterocycles. The molecule has 0 spiro atoms. The van der Waals surface area contributed by atoms with Gasteiger partial charge in [-0.1, -0.05) is 24.3 Å². The second kappa shape index (κ2) is 3.01. The number of benzene rings is 1. The van der Waals surface area contributed by atoms with Gasteiger partial charge in [-0.2, -0.15) is 0 Å². The second-order valence-electron chi connectivity index (χ2n) is 2.99. The number of carboxylic acid groups (broad SMARTS) is 1. The van der Waals surface area contributed by atoms with Crippen molar-refractivity contribution in [2.75, 3.05) is 0 Å². The molecule has 0 atom stereocenters. The van der Waals surface area contributed by atoms with Crippen molar-refractivity contribution in [3.05, 3.63) is 35.4 Å². The maximum Gasteiger partial charge on any atom is 0.309 e. The van der Waals surface area contributed by atoms with Crippen LogP contribution in [0.2, 0.25) is 0 Å².